The van der Waals surface area contributed by atoms with Crippen LogP contribution in [0.4, 0.5) is 0 Å². The average Bonchev–Trinajstić information content (AvgIpc) is 3.28. The molecular weight excluding hydrogens is 318 g/mol. The molecule has 0 saturated heterocycles. The summed E-state index contributed by atoms with van der Waals surface area (Å²) >= 11 is 0. The molecule has 3 nitrogen and oxygen atoms in total. The van der Waals surface area contributed by atoms with Crippen LogP contribution in [0.5, 0.6) is 0 Å². The molecule has 1 N–H and O–H groups in total. The minimum atomic E-state index is 0.842. The second kappa shape index (κ2) is 5.67. The van der Waals surface area contributed by atoms with Gasteiger partial charge >= 0.3 is 0 Å². The lowest BCUT2D eigenvalue weighted by Gasteiger charge is -2.24. The fourth-order valence-electron chi connectivity index (χ4n) is 4.19. The lowest BCUT2D eigenvalue weighted by atomic mass is 9.85. The van der Waals surface area contributed by atoms with Crippen LogP contribution in [0.3, 0.4) is 0 Å². The van der Waals surface area contributed by atoms with Crippen molar-refractivity contribution in [3.63, 3.8) is 0 Å². The highest BCUT2D eigenvalue weighted by molar-refractivity contribution is 6.09. The monoisotopic (exact) mass is 339 g/mol. The van der Waals surface area contributed by atoms with E-state index >= 15 is 0 Å². The zero-order valence-electron chi connectivity index (χ0n) is 15.0. The Morgan fingerprint density at radius 3 is 2.00 bits per heavy atom. The van der Waals surface area contributed by atoms with E-state index in [2.05, 4.69) is 102 Å². The normalized spacial score (nSPS) is 13.0. The minimum absolute atomic E-state index is 0.842. The number of hydrogen-bond acceptors (Lipinski definition) is 1. The highest BCUT2D eigenvalue weighted by Crippen LogP contribution is 2.43. The predicted octanol–water partition coefficient (Wildman–Crippen LogP) is 4.92. The number of aryl methyl sites for hydroxylation is 2. The number of nitrogens with zero attached hydrogens (tertiary/aromatic N) is 2. The number of fused-ring (bicyclic) bond motifs is 2. The molecule has 0 amide bonds. The first-order valence-electron chi connectivity index (χ1n) is 8.96. The summed E-state index contributed by atoms with van der Waals surface area (Å²) in [5.74, 6) is 0. The van der Waals surface area contributed by atoms with Gasteiger partial charge in [0.1, 0.15) is 0 Å². The Morgan fingerprint density at radius 1 is 0.769 bits per heavy atom. The first-order chi connectivity index (χ1) is 12.8. The maximum absolute atomic E-state index is 3.42. The molecule has 5 rings (SSSR count). The fraction of sp³-hybridized carbons (Fsp3) is 0.130. The summed E-state index contributed by atoms with van der Waals surface area (Å²) in [5.41, 5.74) is 7.84. The van der Waals surface area contributed by atoms with E-state index in [1.165, 1.54) is 44.4 Å². The predicted molar refractivity (Wildman–Crippen MR) is 109 cm³/mol. The Hall–Kier alpha value is -3.20. The Labute approximate surface area is 153 Å². The van der Waals surface area contributed by atoms with Crippen LogP contribution in [0, 0.1) is 0 Å². The molecule has 3 heterocycles. The van der Waals surface area contributed by atoms with E-state index in [9.17, 15) is 0 Å². The Kier molecular flexibility index (Phi) is 3.29. The van der Waals surface area contributed by atoms with Gasteiger partial charge in [0.25, 0.3) is 0 Å². The fourth-order valence-corrected chi connectivity index (χ4v) is 4.19. The first kappa shape index (κ1) is 15.1. The molecule has 0 bridgehead atoms. The topological polar surface area (TPSA) is 21.9 Å². The van der Waals surface area contributed by atoms with Crippen molar-refractivity contribution in [2.45, 2.75) is 6.54 Å². The first-order valence-corrected chi connectivity index (χ1v) is 8.96. The van der Waals surface area contributed by atoms with Gasteiger partial charge in [-0.05, 0) is 58.4 Å². The SMILES string of the molecule is Cn1cccc1-c1c2c(c(-c3cccn3C)c3ccccc13)CNC=C2. The molecule has 26 heavy (non-hydrogen) atoms. The number of nitrogens with one attached hydrogen (secondary N) is 1. The third-order valence-electron chi connectivity index (χ3n) is 5.41. The van der Waals surface area contributed by atoms with E-state index in [1.54, 1.807) is 0 Å². The van der Waals surface area contributed by atoms with Crippen LogP contribution >= 0.6 is 0 Å². The van der Waals surface area contributed by atoms with Gasteiger partial charge in [-0.2, -0.15) is 0 Å². The van der Waals surface area contributed by atoms with Crippen molar-refractivity contribution in [1.82, 2.24) is 14.5 Å². The van der Waals surface area contributed by atoms with Crippen molar-refractivity contribution in [3.05, 3.63) is 78.3 Å². The molecule has 128 valence electrons. The summed E-state index contributed by atoms with van der Waals surface area (Å²) in [4.78, 5) is 0. The Morgan fingerprint density at radius 2 is 1.38 bits per heavy atom. The molecule has 1 aliphatic heterocycles. The molecular formula is C23H21N3. The Balaban J connectivity index is 1.99. The molecule has 0 atom stereocenters. The summed E-state index contributed by atoms with van der Waals surface area (Å²) < 4.78 is 4.42. The summed E-state index contributed by atoms with van der Waals surface area (Å²) in [5, 5.41) is 6.03. The number of rotatable bonds is 2. The van der Waals surface area contributed by atoms with Crippen molar-refractivity contribution in [2.75, 3.05) is 0 Å². The van der Waals surface area contributed by atoms with Gasteiger partial charge in [0.05, 0.1) is 0 Å². The van der Waals surface area contributed by atoms with Crippen LogP contribution in [-0.4, -0.2) is 9.13 Å². The van der Waals surface area contributed by atoms with Crippen molar-refractivity contribution in [1.29, 1.82) is 0 Å². The Bertz CT molecular complexity index is 1160. The molecule has 0 aliphatic carbocycles. The van der Waals surface area contributed by atoms with Gasteiger partial charge < -0.3 is 14.5 Å². The molecule has 2 aromatic carbocycles. The molecule has 0 fully saturated rings. The highest BCUT2D eigenvalue weighted by Gasteiger charge is 2.23. The van der Waals surface area contributed by atoms with Crippen LogP contribution in [0.2, 0.25) is 0 Å². The van der Waals surface area contributed by atoms with Gasteiger partial charge in [-0.15, -0.1) is 0 Å². The van der Waals surface area contributed by atoms with Crippen LogP contribution < -0.4 is 5.32 Å². The minimum Gasteiger partial charge on any atom is -0.387 e. The van der Waals surface area contributed by atoms with Gasteiger partial charge in [-0.1, -0.05) is 24.3 Å². The van der Waals surface area contributed by atoms with E-state index < -0.39 is 0 Å². The van der Waals surface area contributed by atoms with Crippen LogP contribution in [-0.2, 0) is 20.6 Å². The number of aromatic nitrogens is 2. The smallest absolute Gasteiger partial charge is 0.0490 e. The third-order valence-corrected chi connectivity index (χ3v) is 5.41. The molecule has 0 spiro atoms. The summed E-state index contributed by atoms with van der Waals surface area (Å²) in [6.07, 6.45) is 8.53. The molecule has 0 saturated carbocycles. The van der Waals surface area contributed by atoms with Gasteiger partial charge in [-0.25, -0.2) is 0 Å². The molecule has 4 aromatic rings. The summed E-state index contributed by atoms with van der Waals surface area (Å²) in [7, 11) is 4.24. The molecule has 2 aromatic heterocycles. The maximum Gasteiger partial charge on any atom is 0.0490 e. The zero-order valence-corrected chi connectivity index (χ0v) is 15.0. The van der Waals surface area contributed by atoms with E-state index in [-0.39, 0.29) is 0 Å². The van der Waals surface area contributed by atoms with Gasteiger partial charge in [-0.3, -0.25) is 0 Å². The molecule has 0 radical (unpaired) electrons. The number of hydrogen-bond donors (Lipinski definition) is 1. The van der Waals surface area contributed by atoms with E-state index in [0.717, 1.165) is 6.54 Å². The largest absolute Gasteiger partial charge is 0.387 e. The van der Waals surface area contributed by atoms with Gasteiger partial charge in [0.15, 0.2) is 0 Å². The lowest BCUT2D eigenvalue weighted by molar-refractivity contribution is 0.856. The summed E-state index contributed by atoms with van der Waals surface area (Å²) in [6.45, 7) is 0.842. The van der Waals surface area contributed by atoms with Crippen molar-refractivity contribution in [2.24, 2.45) is 14.1 Å². The third kappa shape index (κ3) is 2.07. The molecule has 0 unspecified atom stereocenters. The molecule has 1 aliphatic rings. The second-order valence-electron chi connectivity index (χ2n) is 6.91. The van der Waals surface area contributed by atoms with Crippen molar-refractivity contribution < 1.29 is 0 Å². The summed E-state index contributed by atoms with van der Waals surface area (Å²) in [6, 6.07) is 17.4. The van der Waals surface area contributed by atoms with E-state index in [0.29, 0.717) is 0 Å². The van der Waals surface area contributed by atoms with Gasteiger partial charge in [0.2, 0.25) is 0 Å². The van der Waals surface area contributed by atoms with Crippen LogP contribution in [0.1, 0.15) is 11.1 Å². The van der Waals surface area contributed by atoms with Crippen molar-refractivity contribution in [3.8, 4) is 22.5 Å². The standard InChI is InChI=1S/C23H21N3/c1-25-13-5-9-20(25)22-16-7-3-4-8-17(16)23(21-10-6-14-26(21)2)19-15-24-12-11-18(19)22/h3-14,24H,15H2,1-2H3. The van der Waals surface area contributed by atoms with Crippen LogP contribution in [0.25, 0.3) is 39.4 Å². The number of benzene rings is 2. The lowest BCUT2D eigenvalue weighted by Crippen LogP contribution is -2.14. The van der Waals surface area contributed by atoms with Crippen LogP contribution in [0.15, 0.2) is 67.1 Å². The van der Waals surface area contributed by atoms with Gasteiger partial charge in [0, 0.05) is 55.5 Å². The maximum atomic E-state index is 3.42. The zero-order chi connectivity index (χ0) is 17.7. The molecule has 3 heteroatoms. The second-order valence-corrected chi connectivity index (χ2v) is 6.91. The van der Waals surface area contributed by atoms with Crippen molar-refractivity contribution >= 4 is 16.8 Å². The quantitative estimate of drug-likeness (QED) is 0.550. The average molecular weight is 339 g/mol. The van der Waals surface area contributed by atoms with E-state index in [1.807, 2.05) is 0 Å². The highest BCUT2D eigenvalue weighted by atomic mass is 14.9. The van der Waals surface area contributed by atoms with E-state index in [4.69, 9.17) is 0 Å².